The average Bonchev–Trinajstić information content (AvgIpc) is 3.33. The molecule has 1 aliphatic rings. The lowest BCUT2D eigenvalue weighted by atomic mass is 10.0. The van der Waals surface area contributed by atoms with Crippen LogP contribution in [0.5, 0.6) is 0 Å². The van der Waals surface area contributed by atoms with Gasteiger partial charge in [0.05, 0.1) is 40.2 Å². The summed E-state index contributed by atoms with van der Waals surface area (Å²) in [6, 6.07) is 0.991. The van der Waals surface area contributed by atoms with Gasteiger partial charge in [-0.2, -0.15) is 18.2 Å². The molecule has 1 saturated carbocycles. The van der Waals surface area contributed by atoms with Crippen molar-refractivity contribution in [3.63, 3.8) is 0 Å². The van der Waals surface area contributed by atoms with E-state index in [1.54, 1.807) is 32.3 Å². The smallest absolute Gasteiger partial charge is 0.390 e. The number of aryl methyl sites for hydroxylation is 1. The second kappa shape index (κ2) is 11.1. The summed E-state index contributed by atoms with van der Waals surface area (Å²) < 4.78 is 39.1. The number of pyridine rings is 1. The van der Waals surface area contributed by atoms with Gasteiger partial charge in [-0.15, -0.1) is 23.7 Å². The maximum Gasteiger partial charge on any atom is 0.405 e. The molecule has 0 saturated heterocycles. The number of alkyl halides is 3. The van der Waals surface area contributed by atoms with Crippen molar-refractivity contribution in [1.82, 2.24) is 25.3 Å². The second-order valence-electron chi connectivity index (χ2n) is 8.16. The third-order valence-corrected chi connectivity index (χ3v) is 6.69. The molecular weight excluding hydrogens is 523 g/mol. The van der Waals surface area contributed by atoms with Crippen molar-refractivity contribution in [1.29, 1.82) is 0 Å². The predicted octanol–water partition coefficient (Wildman–Crippen LogP) is 2.51. The molecule has 1 fully saturated rings. The van der Waals surface area contributed by atoms with Crippen molar-refractivity contribution in [2.75, 3.05) is 23.7 Å². The number of nitrogens with one attached hydrogen (secondary N) is 3. The minimum Gasteiger partial charge on any atom is -0.390 e. The maximum atomic E-state index is 12.8. The van der Waals surface area contributed by atoms with Crippen LogP contribution < -0.4 is 16.0 Å². The number of aliphatic hydroxyl groups is 2. The van der Waals surface area contributed by atoms with E-state index in [-0.39, 0.29) is 30.6 Å². The molecule has 0 spiro atoms. The standard InChI is InChI=1S/C21H24F3N7O3S.ClH/c1-3-26-18(34)10-6-11(16(33)15(10)32)29-17-14(19-30-12-7-25-5-4-13(12)35-19)9(2)28-20(31-17)27-8-21(22,23)24;/h4-5,7,10-11,15-16,32-33H,3,6,8H2,1-2H3,(H,26,34)(H2,27,28,29,31);1H/t10-,11+,15+,16-;/m0./s1. The molecule has 196 valence electrons. The second-order valence-corrected chi connectivity index (χ2v) is 9.19. The van der Waals surface area contributed by atoms with E-state index in [1.807, 2.05) is 0 Å². The molecule has 3 aromatic rings. The summed E-state index contributed by atoms with van der Waals surface area (Å²) in [5.74, 6) is -1.39. The Kier molecular flexibility index (Phi) is 8.54. The van der Waals surface area contributed by atoms with Crippen LogP contribution in [-0.4, -0.2) is 73.6 Å². The normalized spacial score (nSPS) is 21.8. The van der Waals surface area contributed by atoms with Crippen LogP contribution in [0.25, 0.3) is 20.8 Å². The highest BCUT2D eigenvalue weighted by Crippen LogP contribution is 2.38. The Morgan fingerprint density at radius 3 is 2.64 bits per heavy atom. The minimum absolute atomic E-state index is 0. The van der Waals surface area contributed by atoms with Gasteiger partial charge in [0.25, 0.3) is 0 Å². The molecule has 3 heterocycles. The first-order valence-electron chi connectivity index (χ1n) is 10.9. The van der Waals surface area contributed by atoms with Gasteiger partial charge in [0, 0.05) is 12.7 Å². The van der Waals surface area contributed by atoms with Gasteiger partial charge in [0.1, 0.15) is 29.0 Å². The molecule has 0 unspecified atom stereocenters. The van der Waals surface area contributed by atoms with E-state index in [1.165, 1.54) is 11.3 Å². The van der Waals surface area contributed by atoms with Crippen molar-refractivity contribution in [2.24, 2.45) is 5.92 Å². The number of carbonyl (C=O) groups is 1. The molecule has 4 atom stereocenters. The van der Waals surface area contributed by atoms with E-state index in [9.17, 15) is 28.2 Å². The van der Waals surface area contributed by atoms with E-state index < -0.39 is 42.8 Å². The van der Waals surface area contributed by atoms with E-state index >= 15 is 0 Å². The average molecular weight is 548 g/mol. The van der Waals surface area contributed by atoms with Crippen LogP contribution in [0.1, 0.15) is 19.0 Å². The SMILES string of the molecule is CCNC(=O)[C@H]1C[C@@H](Nc2nc(NCC(F)(F)F)nc(C)c2-c2nc3cnccc3s2)[C@H](O)[C@@H]1O.Cl. The largest absolute Gasteiger partial charge is 0.405 e. The molecule has 1 aliphatic carbocycles. The summed E-state index contributed by atoms with van der Waals surface area (Å²) in [5.41, 5.74) is 1.42. The summed E-state index contributed by atoms with van der Waals surface area (Å²) in [7, 11) is 0. The molecule has 36 heavy (non-hydrogen) atoms. The van der Waals surface area contributed by atoms with Gasteiger partial charge in [-0.1, -0.05) is 0 Å². The zero-order chi connectivity index (χ0) is 25.3. The molecule has 0 aliphatic heterocycles. The van der Waals surface area contributed by atoms with Crippen molar-refractivity contribution < 1.29 is 28.2 Å². The fraction of sp³-hybridized carbons (Fsp3) is 0.476. The highest BCUT2D eigenvalue weighted by molar-refractivity contribution is 7.21. The molecule has 10 nitrogen and oxygen atoms in total. The number of aliphatic hydroxyl groups excluding tert-OH is 2. The molecule has 15 heteroatoms. The Bertz CT molecular complexity index is 1200. The Morgan fingerprint density at radius 2 is 1.97 bits per heavy atom. The van der Waals surface area contributed by atoms with Crippen LogP contribution in [0.3, 0.4) is 0 Å². The quantitative estimate of drug-likeness (QED) is 0.301. The molecule has 4 rings (SSSR count). The number of carbonyl (C=O) groups excluding carboxylic acids is 1. The molecule has 1 amide bonds. The van der Waals surface area contributed by atoms with Crippen LogP contribution in [0.2, 0.25) is 0 Å². The fourth-order valence-electron chi connectivity index (χ4n) is 3.99. The van der Waals surface area contributed by atoms with Gasteiger partial charge in [-0.3, -0.25) is 9.78 Å². The Labute approximate surface area is 214 Å². The van der Waals surface area contributed by atoms with Gasteiger partial charge in [0.15, 0.2) is 0 Å². The third-order valence-electron chi connectivity index (χ3n) is 5.63. The van der Waals surface area contributed by atoms with E-state index in [4.69, 9.17) is 0 Å². The fourth-order valence-corrected chi connectivity index (χ4v) is 5.03. The maximum absolute atomic E-state index is 12.8. The first-order valence-corrected chi connectivity index (χ1v) is 11.7. The first kappa shape index (κ1) is 27.8. The Hall–Kier alpha value is -2.81. The number of aromatic nitrogens is 4. The lowest BCUT2D eigenvalue weighted by Crippen LogP contribution is -2.39. The van der Waals surface area contributed by atoms with Crippen LogP contribution in [-0.2, 0) is 4.79 Å². The molecular formula is C21H25ClF3N7O3S. The number of hydrogen-bond donors (Lipinski definition) is 5. The number of nitrogens with zero attached hydrogens (tertiary/aromatic N) is 4. The van der Waals surface area contributed by atoms with Crippen LogP contribution in [0.4, 0.5) is 24.9 Å². The predicted molar refractivity (Wildman–Crippen MR) is 131 cm³/mol. The first-order chi connectivity index (χ1) is 16.6. The van der Waals surface area contributed by atoms with Gasteiger partial charge >= 0.3 is 6.18 Å². The van der Waals surface area contributed by atoms with Crippen molar-refractivity contribution in [3.8, 4) is 10.6 Å². The van der Waals surface area contributed by atoms with Crippen molar-refractivity contribution in [2.45, 2.75) is 44.7 Å². The molecule has 3 aromatic heterocycles. The third kappa shape index (κ3) is 5.94. The zero-order valence-corrected chi connectivity index (χ0v) is 20.8. The Morgan fingerprint density at radius 1 is 1.22 bits per heavy atom. The number of hydrogen-bond acceptors (Lipinski definition) is 10. The number of halogens is 4. The lowest BCUT2D eigenvalue weighted by Gasteiger charge is -2.21. The summed E-state index contributed by atoms with van der Waals surface area (Å²) in [6.07, 6.45) is -3.81. The number of thiazole rings is 1. The van der Waals surface area contributed by atoms with Gasteiger partial charge in [-0.25, -0.2) is 9.97 Å². The van der Waals surface area contributed by atoms with Gasteiger partial charge in [0.2, 0.25) is 11.9 Å². The van der Waals surface area contributed by atoms with Gasteiger partial charge < -0.3 is 26.2 Å². The molecule has 0 radical (unpaired) electrons. The lowest BCUT2D eigenvalue weighted by molar-refractivity contribution is -0.128. The summed E-state index contributed by atoms with van der Waals surface area (Å²) in [4.78, 5) is 29.3. The highest BCUT2D eigenvalue weighted by atomic mass is 35.5. The molecule has 0 aromatic carbocycles. The van der Waals surface area contributed by atoms with Crippen molar-refractivity contribution >= 4 is 51.6 Å². The van der Waals surface area contributed by atoms with Crippen LogP contribution in [0, 0.1) is 12.8 Å². The minimum atomic E-state index is -4.48. The number of amides is 1. The van der Waals surface area contributed by atoms with Crippen LogP contribution in [0.15, 0.2) is 18.5 Å². The molecule has 5 N–H and O–H groups in total. The summed E-state index contributed by atoms with van der Waals surface area (Å²) in [5, 5.41) is 29.4. The highest BCUT2D eigenvalue weighted by Gasteiger charge is 2.45. The van der Waals surface area contributed by atoms with E-state index in [2.05, 4.69) is 35.9 Å². The summed E-state index contributed by atoms with van der Waals surface area (Å²) in [6.45, 7) is 2.39. The number of anilines is 2. The van der Waals surface area contributed by atoms with E-state index in [0.717, 1.165) is 4.70 Å². The zero-order valence-electron chi connectivity index (χ0n) is 19.2. The number of rotatable bonds is 7. The van der Waals surface area contributed by atoms with Gasteiger partial charge in [-0.05, 0) is 26.3 Å². The topological polar surface area (TPSA) is 145 Å². The Balaban J connectivity index is 0.00000361. The summed E-state index contributed by atoms with van der Waals surface area (Å²) >= 11 is 1.33. The van der Waals surface area contributed by atoms with Crippen LogP contribution >= 0.6 is 23.7 Å². The number of fused-ring (bicyclic) bond motifs is 1. The molecule has 0 bridgehead atoms. The monoisotopic (exact) mass is 547 g/mol. The van der Waals surface area contributed by atoms with Crippen molar-refractivity contribution in [3.05, 3.63) is 24.2 Å². The van der Waals surface area contributed by atoms with E-state index in [0.29, 0.717) is 28.3 Å².